The molecular weight excluding hydrogens is 342 g/mol. The first-order chi connectivity index (χ1) is 12.8. The van der Waals surface area contributed by atoms with Gasteiger partial charge < -0.3 is 10.1 Å². The lowest BCUT2D eigenvalue weighted by atomic mass is 10.1. The SMILES string of the molecule is Cc1ccc(NC(=O)C(C)C)cc1OCc1cc(=O)n2cccc(C)c2n1. The van der Waals surface area contributed by atoms with Crippen molar-refractivity contribution < 1.29 is 9.53 Å². The normalized spacial score (nSPS) is 11.0. The van der Waals surface area contributed by atoms with E-state index in [1.165, 1.54) is 10.5 Å². The highest BCUT2D eigenvalue weighted by molar-refractivity contribution is 5.92. The van der Waals surface area contributed by atoms with E-state index < -0.39 is 0 Å². The first-order valence-electron chi connectivity index (χ1n) is 8.87. The number of anilines is 1. The molecule has 0 aliphatic carbocycles. The van der Waals surface area contributed by atoms with E-state index in [0.29, 0.717) is 22.8 Å². The van der Waals surface area contributed by atoms with Crippen LogP contribution in [0.15, 0.2) is 47.4 Å². The molecule has 140 valence electrons. The molecule has 0 saturated carbocycles. The number of amides is 1. The summed E-state index contributed by atoms with van der Waals surface area (Å²) in [6.45, 7) is 7.69. The Kier molecular flexibility index (Phi) is 5.26. The molecule has 0 spiro atoms. The van der Waals surface area contributed by atoms with Gasteiger partial charge in [0, 0.05) is 29.9 Å². The van der Waals surface area contributed by atoms with E-state index in [1.54, 1.807) is 12.3 Å². The quantitative estimate of drug-likeness (QED) is 0.751. The van der Waals surface area contributed by atoms with Gasteiger partial charge >= 0.3 is 0 Å². The van der Waals surface area contributed by atoms with Crippen LogP contribution in [-0.4, -0.2) is 15.3 Å². The van der Waals surface area contributed by atoms with Crippen LogP contribution in [0.5, 0.6) is 5.75 Å². The number of carbonyl (C=O) groups excluding carboxylic acids is 1. The van der Waals surface area contributed by atoms with Gasteiger partial charge in [0.25, 0.3) is 5.56 Å². The number of rotatable bonds is 5. The molecule has 27 heavy (non-hydrogen) atoms. The maximum Gasteiger partial charge on any atom is 0.258 e. The van der Waals surface area contributed by atoms with Crippen molar-refractivity contribution in [2.75, 3.05) is 5.32 Å². The zero-order chi connectivity index (χ0) is 19.6. The average molecular weight is 365 g/mol. The fraction of sp³-hybridized carbons (Fsp3) is 0.286. The molecule has 2 heterocycles. The topological polar surface area (TPSA) is 72.7 Å². The Hall–Kier alpha value is -3.15. The number of fused-ring (bicyclic) bond motifs is 1. The van der Waals surface area contributed by atoms with Crippen LogP contribution in [0.2, 0.25) is 0 Å². The van der Waals surface area contributed by atoms with Crippen molar-refractivity contribution in [2.24, 2.45) is 5.92 Å². The minimum atomic E-state index is -0.142. The second kappa shape index (κ2) is 7.61. The van der Waals surface area contributed by atoms with E-state index in [-0.39, 0.29) is 24.0 Å². The smallest absolute Gasteiger partial charge is 0.258 e. The number of ether oxygens (including phenoxy) is 1. The fourth-order valence-electron chi connectivity index (χ4n) is 2.65. The summed E-state index contributed by atoms with van der Waals surface area (Å²) in [6.07, 6.45) is 1.70. The van der Waals surface area contributed by atoms with Crippen molar-refractivity contribution in [3.63, 3.8) is 0 Å². The maximum atomic E-state index is 12.3. The molecule has 0 bridgehead atoms. The number of nitrogens with one attached hydrogen (secondary N) is 1. The van der Waals surface area contributed by atoms with Crippen molar-refractivity contribution in [2.45, 2.75) is 34.3 Å². The highest BCUT2D eigenvalue weighted by Crippen LogP contribution is 2.24. The molecule has 0 fully saturated rings. The van der Waals surface area contributed by atoms with Gasteiger partial charge in [-0.05, 0) is 37.1 Å². The summed E-state index contributed by atoms with van der Waals surface area (Å²) in [6, 6.07) is 10.7. The fourth-order valence-corrected chi connectivity index (χ4v) is 2.65. The van der Waals surface area contributed by atoms with Crippen molar-refractivity contribution in [1.82, 2.24) is 9.38 Å². The number of pyridine rings is 1. The average Bonchev–Trinajstić information content (AvgIpc) is 2.63. The Bertz CT molecular complexity index is 1050. The molecule has 0 saturated heterocycles. The largest absolute Gasteiger partial charge is 0.487 e. The predicted octanol–water partition coefficient (Wildman–Crippen LogP) is 3.48. The van der Waals surface area contributed by atoms with Gasteiger partial charge in [0.1, 0.15) is 18.0 Å². The Balaban J connectivity index is 1.82. The molecule has 3 rings (SSSR count). The van der Waals surface area contributed by atoms with Gasteiger partial charge in [-0.25, -0.2) is 4.98 Å². The summed E-state index contributed by atoms with van der Waals surface area (Å²) >= 11 is 0. The lowest BCUT2D eigenvalue weighted by Gasteiger charge is -2.13. The summed E-state index contributed by atoms with van der Waals surface area (Å²) < 4.78 is 7.41. The molecule has 0 aliphatic heterocycles. The maximum absolute atomic E-state index is 12.3. The number of hydrogen-bond acceptors (Lipinski definition) is 4. The van der Waals surface area contributed by atoms with Crippen LogP contribution in [0.1, 0.15) is 30.7 Å². The molecule has 0 unspecified atom stereocenters. The van der Waals surface area contributed by atoms with Gasteiger partial charge in [-0.3, -0.25) is 14.0 Å². The van der Waals surface area contributed by atoms with Gasteiger partial charge in [-0.15, -0.1) is 0 Å². The Labute approximate surface area is 157 Å². The molecular formula is C21H23N3O3. The summed E-state index contributed by atoms with van der Waals surface area (Å²) in [5.41, 5.74) is 3.58. The molecule has 0 atom stereocenters. The third-order valence-corrected chi connectivity index (χ3v) is 4.29. The standard InChI is InChI=1S/C21H23N3O3/c1-13(2)21(26)23-16-8-7-14(3)18(10-16)27-12-17-11-19(25)24-9-5-6-15(4)20(24)22-17/h5-11,13H,12H2,1-4H3,(H,23,26). The lowest BCUT2D eigenvalue weighted by molar-refractivity contribution is -0.118. The summed E-state index contributed by atoms with van der Waals surface area (Å²) in [5.74, 6) is 0.488. The van der Waals surface area contributed by atoms with E-state index in [9.17, 15) is 9.59 Å². The van der Waals surface area contributed by atoms with E-state index in [0.717, 1.165) is 11.1 Å². The van der Waals surface area contributed by atoms with E-state index in [2.05, 4.69) is 10.3 Å². The first-order valence-corrected chi connectivity index (χ1v) is 8.87. The highest BCUT2D eigenvalue weighted by atomic mass is 16.5. The minimum absolute atomic E-state index is 0.0514. The molecule has 1 aromatic carbocycles. The van der Waals surface area contributed by atoms with E-state index in [4.69, 9.17) is 4.74 Å². The number of nitrogens with zero attached hydrogens (tertiary/aromatic N) is 2. The first kappa shape index (κ1) is 18.6. The Morgan fingerprint density at radius 3 is 2.70 bits per heavy atom. The number of carbonyl (C=O) groups is 1. The molecule has 1 amide bonds. The Morgan fingerprint density at radius 1 is 1.19 bits per heavy atom. The van der Waals surface area contributed by atoms with E-state index >= 15 is 0 Å². The van der Waals surface area contributed by atoms with Crippen LogP contribution in [-0.2, 0) is 11.4 Å². The van der Waals surface area contributed by atoms with Gasteiger partial charge in [0.2, 0.25) is 5.91 Å². The lowest BCUT2D eigenvalue weighted by Crippen LogP contribution is -2.18. The van der Waals surface area contributed by atoms with Crippen LogP contribution >= 0.6 is 0 Å². The van der Waals surface area contributed by atoms with Crippen molar-refractivity contribution in [3.05, 3.63) is 69.8 Å². The van der Waals surface area contributed by atoms with Gasteiger partial charge in [0.15, 0.2) is 0 Å². The summed E-state index contributed by atoms with van der Waals surface area (Å²) in [4.78, 5) is 28.7. The molecule has 0 radical (unpaired) electrons. The van der Waals surface area contributed by atoms with E-state index in [1.807, 2.05) is 52.0 Å². The van der Waals surface area contributed by atoms with Crippen LogP contribution in [0.4, 0.5) is 5.69 Å². The minimum Gasteiger partial charge on any atom is -0.487 e. The van der Waals surface area contributed by atoms with Crippen LogP contribution in [0.25, 0.3) is 5.65 Å². The monoisotopic (exact) mass is 365 g/mol. The molecule has 1 N–H and O–H groups in total. The molecule has 3 aromatic rings. The second-order valence-electron chi connectivity index (χ2n) is 6.88. The number of aromatic nitrogens is 2. The summed E-state index contributed by atoms with van der Waals surface area (Å²) in [7, 11) is 0. The van der Waals surface area contributed by atoms with Gasteiger partial charge in [-0.1, -0.05) is 26.0 Å². The molecule has 0 aliphatic rings. The van der Waals surface area contributed by atoms with Crippen LogP contribution < -0.4 is 15.6 Å². The highest BCUT2D eigenvalue weighted by Gasteiger charge is 2.10. The zero-order valence-electron chi connectivity index (χ0n) is 15.9. The number of aryl methyl sites for hydroxylation is 2. The van der Waals surface area contributed by atoms with Gasteiger partial charge in [0.05, 0.1) is 5.69 Å². The number of benzene rings is 1. The molecule has 6 nitrogen and oxygen atoms in total. The predicted molar refractivity (Wildman–Crippen MR) is 105 cm³/mol. The van der Waals surface area contributed by atoms with Crippen LogP contribution in [0, 0.1) is 19.8 Å². The third-order valence-electron chi connectivity index (χ3n) is 4.29. The van der Waals surface area contributed by atoms with Crippen molar-refractivity contribution in [1.29, 1.82) is 0 Å². The van der Waals surface area contributed by atoms with Crippen LogP contribution in [0.3, 0.4) is 0 Å². The second-order valence-corrected chi connectivity index (χ2v) is 6.88. The third kappa shape index (κ3) is 4.16. The van der Waals surface area contributed by atoms with Gasteiger partial charge in [-0.2, -0.15) is 0 Å². The Morgan fingerprint density at radius 2 is 1.96 bits per heavy atom. The molecule has 6 heteroatoms. The van der Waals surface area contributed by atoms with Crippen molar-refractivity contribution in [3.8, 4) is 5.75 Å². The summed E-state index contributed by atoms with van der Waals surface area (Å²) in [5, 5.41) is 2.86. The van der Waals surface area contributed by atoms with Crippen molar-refractivity contribution >= 4 is 17.2 Å². The number of hydrogen-bond donors (Lipinski definition) is 1. The molecule has 2 aromatic heterocycles. The zero-order valence-corrected chi connectivity index (χ0v) is 15.9.